The molecule has 5 heteroatoms. The van der Waals surface area contributed by atoms with Gasteiger partial charge in [0, 0.05) is 38.3 Å². The van der Waals surface area contributed by atoms with Gasteiger partial charge >= 0.3 is 6.03 Å². The van der Waals surface area contributed by atoms with Crippen LogP contribution >= 0.6 is 0 Å². The van der Waals surface area contributed by atoms with Crippen molar-refractivity contribution in [2.45, 2.75) is 57.0 Å². The largest absolute Gasteiger partial charge is 0.395 e. The van der Waals surface area contributed by atoms with Crippen LogP contribution in [0.5, 0.6) is 0 Å². The molecule has 21 heavy (non-hydrogen) atoms. The molecule has 1 atom stereocenters. The first kappa shape index (κ1) is 15.1. The third-order valence-electron chi connectivity index (χ3n) is 5.18. The molecule has 0 radical (unpaired) electrons. The van der Waals surface area contributed by atoms with E-state index in [9.17, 15) is 4.79 Å². The molecule has 5 nitrogen and oxygen atoms in total. The van der Waals surface area contributed by atoms with Crippen molar-refractivity contribution in [1.82, 2.24) is 15.1 Å². The van der Waals surface area contributed by atoms with Crippen LogP contribution in [0.3, 0.4) is 0 Å². The monoisotopic (exact) mass is 295 g/mol. The molecule has 3 rings (SSSR count). The summed E-state index contributed by atoms with van der Waals surface area (Å²) in [6.07, 6.45) is 8.82. The van der Waals surface area contributed by atoms with E-state index in [0.29, 0.717) is 18.6 Å². The fraction of sp³-hybridized carbons (Fsp3) is 0.938. The second-order valence-electron chi connectivity index (χ2n) is 6.99. The Bertz CT molecular complexity index is 353. The number of aliphatic hydroxyl groups excluding tert-OH is 1. The van der Waals surface area contributed by atoms with Crippen LogP contribution in [0.25, 0.3) is 0 Å². The van der Waals surface area contributed by atoms with Crippen molar-refractivity contribution in [2.75, 3.05) is 32.8 Å². The second-order valence-corrected chi connectivity index (χ2v) is 6.99. The quantitative estimate of drug-likeness (QED) is 0.779. The first-order chi connectivity index (χ1) is 10.3. The Morgan fingerprint density at radius 2 is 1.95 bits per heavy atom. The van der Waals surface area contributed by atoms with E-state index >= 15 is 0 Å². The number of aliphatic hydroxyl groups is 1. The summed E-state index contributed by atoms with van der Waals surface area (Å²) < 4.78 is 0. The summed E-state index contributed by atoms with van der Waals surface area (Å²) in [5.74, 6) is 0.886. The molecular weight excluding hydrogens is 266 g/mol. The maximum absolute atomic E-state index is 12.3. The number of hydrogen-bond acceptors (Lipinski definition) is 3. The smallest absolute Gasteiger partial charge is 0.317 e. The Morgan fingerprint density at radius 1 is 1.19 bits per heavy atom. The summed E-state index contributed by atoms with van der Waals surface area (Å²) >= 11 is 0. The van der Waals surface area contributed by atoms with Crippen LogP contribution in [0.2, 0.25) is 0 Å². The fourth-order valence-corrected chi connectivity index (χ4v) is 3.88. The van der Waals surface area contributed by atoms with Gasteiger partial charge in [0.15, 0.2) is 0 Å². The highest BCUT2D eigenvalue weighted by Crippen LogP contribution is 2.28. The van der Waals surface area contributed by atoms with E-state index in [0.717, 1.165) is 38.3 Å². The summed E-state index contributed by atoms with van der Waals surface area (Å²) in [7, 11) is 0. The summed E-state index contributed by atoms with van der Waals surface area (Å²) in [6.45, 7) is 3.86. The number of urea groups is 1. The maximum atomic E-state index is 12.3. The summed E-state index contributed by atoms with van der Waals surface area (Å²) in [4.78, 5) is 16.6. The zero-order valence-electron chi connectivity index (χ0n) is 13.0. The lowest BCUT2D eigenvalue weighted by Crippen LogP contribution is -2.47. The van der Waals surface area contributed by atoms with E-state index in [1.807, 2.05) is 4.90 Å². The van der Waals surface area contributed by atoms with Gasteiger partial charge < -0.3 is 20.2 Å². The van der Waals surface area contributed by atoms with Crippen LogP contribution in [0.15, 0.2) is 0 Å². The molecule has 1 saturated heterocycles. The van der Waals surface area contributed by atoms with E-state index in [4.69, 9.17) is 5.11 Å². The van der Waals surface area contributed by atoms with Gasteiger partial charge in [-0.3, -0.25) is 0 Å². The predicted molar refractivity (Wildman–Crippen MR) is 82.1 cm³/mol. The molecule has 0 bridgehead atoms. The Labute approximate surface area is 127 Å². The lowest BCUT2D eigenvalue weighted by Gasteiger charge is -2.25. The number of nitrogens with one attached hydrogen (secondary N) is 1. The van der Waals surface area contributed by atoms with Gasteiger partial charge in [-0.05, 0) is 38.0 Å². The molecule has 0 aromatic heterocycles. The zero-order chi connectivity index (χ0) is 14.7. The standard InChI is InChI=1S/C16H29N3O2/c20-10-9-19(15-5-6-15)16(21)17-14-7-8-18(12-14)11-13-3-1-2-4-13/h13-15,20H,1-12H2,(H,17,21). The first-order valence-corrected chi connectivity index (χ1v) is 8.66. The molecule has 2 saturated carbocycles. The number of carbonyl (C=O) groups is 1. The van der Waals surface area contributed by atoms with Crippen molar-refractivity contribution >= 4 is 6.03 Å². The van der Waals surface area contributed by atoms with E-state index in [1.54, 1.807) is 0 Å². The average molecular weight is 295 g/mol. The van der Waals surface area contributed by atoms with Gasteiger partial charge in [-0.2, -0.15) is 0 Å². The maximum Gasteiger partial charge on any atom is 0.317 e. The number of amides is 2. The second kappa shape index (κ2) is 6.97. The molecule has 1 heterocycles. The summed E-state index contributed by atoms with van der Waals surface area (Å²) in [5.41, 5.74) is 0. The van der Waals surface area contributed by atoms with Gasteiger partial charge in [0.25, 0.3) is 0 Å². The molecular formula is C16H29N3O2. The van der Waals surface area contributed by atoms with Gasteiger partial charge in [0.2, 0.25) is 0 Å². The van der Waals surface area contributed by atoms with Gasteiger partial charge in [0.1, 0.15) is 0 Å². The van der Waals surface area contributed by atoms with E-state index in [2.05, 4.69) is 10.2 Å². The zero-order valence-corrected chi connectivity index (χ0v) is 13.0. The van der Waals surface area contributed by atoms with Crippen molar-refractivity contribution < 1.29 is 9.90 Å². The molecule has 0 aromatic rings. The predicted octanol–water partition coefficient (Wildman–Crippen LogP) is 1.42. The third-order valence-corrected chi connectivity index (χ3v) is 5.18. The molecule has 1 unspecified atom stereocenters. The fourth-order valence-electron chi connectivity index (χ4n) is 3.88. The summed E-state index contributed by atoms with van der Waals surface area (Å²) in [6, 6.07) is 0.686. The van der Waals surface area contributed by atoms with Gasteiger partial charge in [0.05, 0.1) is 6.61 Å². The lowest BCUT2D eigenvalue weighted by molar-refractivity contribution is 0.170. The minimum Gasteiger partial charge on any atom is -0.395 e. The van der Waals surface area contributed by atoms with Gasteiger partial charge in [-0.1, -0.05) is 12.8 Å². The van der Waals surface area contributed by atoms with Crippen molar-refractivity contribution in [1.29, 1.82) is 0 Å². The van der Waals surface area contributed by atoms with Crippen LogP contribution in [0, 0.1) is 5.92 Å². The molecule has 2 aliphatic carbocycles. The average Bonchev–Trinajstić information content (AvgIpc) is 3.00. The van der Waals surface area contributed by atoms with Gasteiger partial charge in [-0.25, -0.2) is 4.79 Å². The number of rotatable bonds is 6. The number of hydrogen-bond donors (Lipinski definition) is 2. The minimum atomic E-state index is 0.0271. The van der Waals surface area contributed by atoms with Crippen molar-refractivity contribution in [3.63, 3.8) is 0 Å². The Kier molecular flexibility index (Phi) is 5.01. The molecule has 3 aliphatic rings. The Balaban J connectivity index is 1.41. The van der Waals surface area contributed by atoms with Crippen LogP contribution in [-0.2, 0) is 0 Å². The Hall–Kier alpha value is -0.810. The molecule has 1 aliphatic heterocycles. The van der Waals surface area contributed by atoms with Crippen molar-refractivity contribution in [3.05, 3.63) is 0 Å². The number of carbonyl (C=O) groups excluding carboxylic acids is 1. The number of nitrogens with zero attached hydrogens (tertiary/aromatic N) is 2. The molecule has 120 valence electrons. The van der Waals surface area contributed by atoms with Crippen molar-refractivity contribution in [2.24, 2.45) is 5.92 Å². The van der Waals surface area contributed by atoms with Gasteiger partial charge in [-0.15, -0.1) is 0 Å². The highest BCUT2D eigenvalue weighted by molar-refractivity contribution is 5.75. The molecule has 2 N–H and O–H groups in total. The molecule has 0 spiro atoms. The highest BCUT2D eigenvalue weighted by atomic mass is 16.3. The van der Waals surface area contributed by atoms with Crippen LogP contribution < -0.4 is 5.32 Å². The topological polar surface area (TPSA) is 55.8 Å². The SMILES string of the molecule is O=C(NC1CCN(CC2CCCC2)C1)N(CCO)C1CC1. The van der Waals surface area contributed by atoms with E-state index < -0.39 is 0 Å². The van der Waals surface area contributed by atoms with E-state index in [1.165, 1.54) is 32.2 Å². The molecule has 3 fully saturated rings. The Morgan fingerprint density at radius 3 is 2.62 bits per heavy atom. The normalized spacial score (nSPS) is 27.2. The van der Waals surface area contributed by atoms with Crippen LogP contribution in [0.4, 0.5) is 4.79 Å². The summed E-state index contributed by atoms with van der Waals surface area (Å²) in [5, 5.41) is 12.3. The highest BCUT2D eigenvalue weighted by Gasteiger charge is 2.34. The lowest BCUT2D eigenvalue weighted by atomic mass is 10.1. The third kappa shape index (κ3) is 4.10. The molecule has 2 amide bonds. The minimum absolute atomic E-state index is 0.0271. The first-order valence-electron chi connectivity index (χ1n) is 8.66. The van der Waals surface area contributed by atoms with Crippen LogP contribution in [-0.4, -0.2) is 65.8 Å². The van der Waals surface area contributed by atoms with Crippen LogP contribution in [0.1, 0.15) is 44.9 Å². The van der Waals surface area contributed by atoms with Crippen molar-refractivity contribution in [3.8, 4) is 0 Å². The number of likely N-dealkylation sites (tertiary alicyclic amines) is 1. The van der Waals surface area contributed by atoms with E-state index in [-0.39, 0.29) is 12.6 Å². The molecule has 0 aromatic carbocycles.